The SMILES string of the molecule is COc1ccc2c(c1)NC(=O)CC2CC(=O)O. The predicted molar refractivity (Wildman–Crippen MR) is 61.2 cm³/mol. The third kappa shape index (κ3) is 2.38. The Hall–Kier alpha value is -2.04. The smallest absolute Gasteiger partial charge is 0.303 e. The molecule has 0 fully saturated rings. The fourth-order valence-electron chi connectivity index (χ4n) is 2.05. The molecule has 0 bridgehead atoms. The summed E-state index contributed by atoms with van der Waals surface area (Å²) in [5.74, 6) is -0.675. The number of carboxylic acids is 1. The molecule has 1 aliphatic rings. The van der Waals surface area contributed by atoms with Crippen molar-refractivity contribution in [2.75, 3.05) is 12.4 Å². The number of fused-ring (bicyclic) bond motifs is 1. The number of aliphatic carboxylic acids is 1. The summed E-state index contributed by atoms with van der Waals surface area (Å²) >= 11 is 0. The molecule has 0 radical (unpaired) electrons. The van der Waals surface area contributed by atoms with E-state index in [2.05, 4.69) is 5.32 Å². The van der Waals surface area contributed by atoms with Crippen molar-refractivity contribution in [3.63, 3.8) is 0 Å². The van der Waals surface area contributed by atoms with Gasteiger partial charge < -0.3 is 15.2 Å². The van der Waals surface area contributed by atoms with Crippen LogP contribution in [0, 0.1) is 0 Å². The van der Waals surface area contributed by atoms with E-state index < -0.39 is 5.97 Å². The van der Waals surface area contributed by atoms with Crippen molar-refractivity contribution in [3.8, 4) is 5.75 Å². The first kappa shape index (κ1) is 11.4. The van der Waals surface area contributed by atoms with E-state index in [9.17, 15) is 9.59 Å². The number of anilines is 1. The fraction of sp³-hybridized carbons (Fsp3) is 0.333. The second-order valence-corrected chi connectivity index (χ2v) is 4.00. The number of amides is 1. The Labute approximate surface area is 98.4 Å². The van der Waals surface area contributed by atoms with Crippen LogP contribution in [0.1, 0.15) is 24.3 Å². The third-order valence-electron chi connectivity index (χ3n) is 2.83. The molecule has 0 aromatic heterocycles. The number of benzene rings is 1. The Morgan fingerprint density at radius 1 is 1.59 bits per heavy atom. The zero-order valence-corrected chi connectivity index (χ0v) is 9.40. The van der Waals surface area contributed by atoms with Crippen molar-refractivity contribution in [3.05, 3.63) is 23.8 Å². The largest absolute Gasteiger partial charge is 0.497 e. The highest BCUT2D eigenvalue weighted by atomic mass is 16.5. The van der Waals surface area contributed by atoms with Crippen LogP contribution in [-0.2, 0) is 9.59 Å². The van der Waals surface area contributed by atoms with Crippen LogP contribution in [0.15, 0.2) is 18.2 Å². The van der Waals surface area contributed by atoms with Crippen LogP contribution in [0.5, 0.6) is 5.75 Å². The van der Waals surface area contributed by atoms with Gasteiger partial charge in [0, 0.05) is 24.1 Å². The first-order chi connectivity index (χ1) is 8.10. The number of carbonyl (C=O) groups is 2. The average Bonchev–Trinajstić information content (AvgIpc) is 2.27. The van der Waals surface area contributed by atoms with Gasteiger partial charge in [-0.3, -0.25) is 9.59 Å². The number of hydrogen-bond donors (Lipinski definition) is 2. The van der Waals surface area contributed by atoms with Crippen molar-refractivity contribution in [1.82, 2.24) is 0 Å². The summed E-state index contributed by atoms with van der Waals surface area (Å²) in [5, 5.41) is 11.5. The van der Waals surface area contributed by atoms with Crippen LogP contribution in [0.2, 0.25) is 0 Å². The van der Waals surface area contributed by atoms with E-state index in [-0.39, 0.29) is 24.7 Å². The Balaban J connectivity index is 2.36. The van der Waals surface area contributed by atoms with Gasteiger partial charge in [0.1, 0.15) is 5.75 Å². The van der Waals surface area contributed by atoms with E-state index in [0.29, 0.717) is 11.4 Å². The molecule has 0 spiro atoms. The number of ether oxygens (including phenoxy) is 1. The number of carboxylic acid groups (broad SMARTS) is 1. The zero-order chi connectivity index (χ0) is 12.4. The van der Waals surface area contributed by atoms with Crippen molar-refractivity contribution in [1.29, 1.82) is 0 Å². The number of carbonyl (C=O) groups excluding carboxylic acids is 1. The minimum Gasteiger partial charge on any atom is -0.497 e. The quantitative estimate of drug-likeness (QED) is 0.834. The van der Waals surface area contributed by atoms with Crippen LogP contribution < -0.4 is 10.1 Å². The third-order valence-corrected chi connectivity index (χ3v) is 2.83. The Morgan fingerprint density at radius 2 is 2.35 bits per heavy atom. The molecule has 1 amide bonds. The van der Waals surface area contributed by atoms with Crippen LogP contribution in [-0.4, -0.2) is 24.1 Å². The maximum atomic E-state index is 11.5. The minimum atomic E-state index is -0.897. The fourth-order valence-corrected chi connectivity index (χ4v) is 2.05. The Bertz CT molecular complexity index is 470. The van der Waals surface area contributed by atoms with Crippen LogP contribution >= 0.6 is 0 Å². The van der Waals surface area contributed by atoms with Gasteiger partial charge in [-0.25, -0.2) is 0 Å². The second-order valence-electron chi connectivity index (χ2n) is 4.00. The molecule has 2 N–H and O–H groups in total. The summed E-state index contributed by atoms with van der Waals surface area (Å²) < 4.78 is 5.06. The van der Waals surface area contributed by atoms with Gasteiger partial charge in [-0.15, -0.1) is 0 Å². The lowest BCUT2D eigenvalue weighted by Gasteiger charge is -2.24. The Kier molecular flexibility index (Phi) is 2.99. The maximum Gasteiger partial charge on any atom is 0.303 e. The molecule has 2 rings (SSSR count). The van der Waals surface area contributed by atoms with Gasteiger partial charge >= 0.3 is 5.97 Å². The van der Waals surface area contributed by atoms with Gasteiger partial charge in [0.25, 0.3) is 0 Å². The summed E-state index contributed by atoms with van der Waals surface area (Å²) in [7, 11) is 1.54. The Morgan fingerprint density at radius 3 is 3.00 bits per heavy atom. The van der Waals surface area contributed by atoms with Crippen molar-refractivity contribution in [2.45, 2.75) is 18.8 Å². The van der Waals surface area contributed by atoms with Crippen molar-refractivity contribution >= 4 is 17.6 Å². The second kappa shape index (κ2) is 4.45. The molecule has 5 nitrogen and oxygen atoms in total. The van der Waals surface area contributed by atoms with E-state index in [0.717, 1.165) is 5.56 Å². The zero-order valence-electron chi connectivity index (χ0n) is 9.40. The van der Waals surface area contributed by atoms with Crippen LogP contribution in [0.25, 0.3) is 0 Å². The summed E-state index contributed by atoms with van der Waals surface area (Å²) in [6.45, 7) is 0. The summed E-state index contributed by atoms with van der Waals surface area (Å²) in [4.78, 5) is 22.2. The van der Waals surface area contributed by atoms with Gasteiger partial charge in [0.05, 0.1) is 13.5 Å². The van der Waals surface area contributed by atoms with Gasteiger partial charge in [0.15, 0.2) is 0 Å². The van der Waals surface area contributed by atoms with E-state index in [4.69, 9.17) is 9.84 Å². The average molecular weight is 235 g/mol. The molecule has 1 unspecified atom stereocenters. The molecule has 0 saturated carbocycles. The molecule has 1 heterocycles. The molecule has 1 atom stereocenters. The molecule has 0 saturated heterocycles. The first-order valence-corrected chi connectivity index (χ1v) is 5.29. The molecular formula is C12H13NO4. The van der Waals surface area contributed by atoms with E-state index >= 15 is 0 Å². The highest BCUT2D eigenvalue weighted by Crippen LogP contribution is 2.36. The van der Waals surface area contributed by atoms with E-state index in [1.165, 1.54) is 0 Å². The molecule has 0 aliphatic carbocycles. The predicted octanol–water partition coefficient (Wildman–Crippen LogP) is 1.60. The molecule has 17 heavy (non-hydrogen) atoms. The monoisotopic (exact) mass is 235 g/mol. The molecule has 1 aromatic rings. The van der Waals surface area contributed by atoms with Crippen molar-refractivity contribution < 1.29 is 19.4 Å². The first-order valence-electron chi connectivity index (χ1n) is 5.29. The van der Waals surface area contributed by atoms with Crippen LogP contribution in [0.4, 0.5) is 5.69 Å². The lowest BCUT2D eigenvalue weighted by molar-refractivity contribution is -0.137. The van der Waals surface area contributed by atoms with Gasteiger partial charge in [-0.05, 0) is 11.6 Å². The van der Waals surface area contributed by atoms with Crippen LogP contribution in [0.3, 0.4) is 0 Å². The number of hydrogen-bond acceptors (Lipinski definition) is 3. The summed E-state index contributed by atoms with van der Waals surface area (Å²) in [6, 6.07) is 5.29. The molecule has 5 heteroatoms. The standard InChI is InChI=1S/C12H13NO4/c1-17-8-2-3-9-7(5-12(15)16)4-11(14)13-10(9)6-8/h2-3,6-7H,4-5H2,1H3,(H,13,14)(H,15,16). The number of nitrogens with one attached hydrogen (secondary N) is 1. The lowest BCUT2D eigenvalue weighted by atomic mass is 9.88. The number of methoxy groups -OCH3 is 1. The van der Waals surface area contributed by atoms with Gasteiger partial charge in [0.2, 0.25) is 5.91 Å². The van der Waals surface area contributed by atoms with Gasteiger partial charge in [-0.2, -0.15) is 0 Å². The molecule has 90 valence electrons. The lowest BCUT2D eigenvalue weighted by Crippen LogP contribution is -2.24. The van der Waals surface area contributed by atoms with E-state index in [1.807, 2.05) is 0 Å². The maximum absolute atomic E-state index is 11.5. The molecule has 1 aliphatic heterocycles. The normalized spacial score (nSPS) is 18.2. The highest BCUT2D eigenvalue weighted by molar-refractivity contribution is 5.95. The highest BCUT2D eigenvalue weighted by Gasteiger charge is 2.27. The number of rotatable bonds is 3. The molecule has 1 aromatic carbocycles. The van der Waals surface area contributed by atoms with Crippen molar-refractivity contribution in [2.24, 2.45) is 0 Å². The summed E-state index contributed by atoms with van der Waals surface area (Å²) in [6.07, 6.45) is 0.179. The summed E-state index contributed by atoms with van der Waals surface area (Å²) in [5.41, 5.74) is 1.50. The molecular weight excluding hydrogens is 222 g/mol. The minimum absolute atomic E-state index is 0.0350. The van der Waals surface area contributed by atoms with E-state index in [1.54, 1.807) is 25.3 Å². The topological polar surface area (TPSA) is 75.6 Å². The van der Waals surface area contributed by atoms with Gasteiger partial charge in [-0.1, -0.05) is 6.07 Å².